The van der Waals surface area contributed by atoms with Crippen LogP contribution in [0.4, 0.5) is 11.4 Å². The second-order valence-electron chi connectivity index (χ2n) is 11.7. The third-order valence-corrected chi connectivity index (χ3v) is 8.84. The number of para-hydroxylation sites is 2. The van der Waals surface area contributed by atoms with Crippen molar-refractivity contribution in [2.45, 2.75) is 77.6 Å². The summed E-state index contributed by atoms with van der Waals surface area (Å²) in [6, 6.07) is 17.1. The van der Waals surface area contributed by atoms with E-state index < -0.39 is 17.8 Å². The van der Waals surface area contributed by atoms with Crippen molar-refractivity contribution in [1.29, 1.82) is 0 Å². The maximum absolute atomic E-state index is 12.5. The molecule has 2 aromatic carbocycles. The molecular formula is C34H40N3O4+. The van der Waals surface area contributed by atoms with E-state index >= 15 is 0 Å². The monoisotopic (exact) mass is 554 g/mol. The van der Waals surface area contributed by atoms with Crippen LogP contribution in [0.15, 0.2) is 72.5 Å². The van der Waals surface area contributed by atoms with Crippen LogP contribution in [0.25, 0.3) is 0 Å². The molecule has 0 aliphatic carbocycles. The van der Waals surface area contributed by atoms with Crippen LogP contribution in [0.2, 0.25) is 0 Å². The predicted octanol–water partition coefficient (Wildman–Crippen LogP) is 6.10. The van der Waals surface area contributed by atoms with E-state index in [9.17, 15) is 14.4 Å². The summed E-state index contributed by atoms with van der Waals surface area (Å²) < 4.78 is 2.39. The van der Waals surface area contributed by atoms with E-state index in [0.717, 1.165) is 13.1 Å². The number of benzene rings is 2. The molecular weight excluding hydrogens is 514 g/mol. The summed E-state index contributed by atoms with van der Waals surface area (Å²) >= 11 is 0. The predicted molar refractivity (Wildman–Crippen MR) is 160 cm³/mol. The van der Waals surface area contributed by atoms with E-state index in [2.05, 4.69) is 111 Å². The quantitative estimate of drug-likeness (QED) is 0.277. The van der Waals surface area contributed by atoms with Crippen molar-refractivity contribution >= 4 is 34.9 Å². The minimum Gasteiger partial charge on any atom is -0.344 e. The molecule has 214 valence electrons. The van der Waals surface area contributed by atoms with Crippen LogP contribution in [-0.2, 0) is 30.1 Å². The van der Waals surface area contributed by atoms with Gasteiger partial charge in [-0.1, -0.05) is 42.5 Å². The van der Waals surface area contributed by atoms with Crippen LogP contribution in [0.5, 0.6) is 0 Å². The average Bonchev–Trinajstić information content (AvgIpc) is 3.49. The largest absolute Gasteiger partial charge is 0.344 e. The van der Waals surface area contributed by atoms with Gasteiger partial charge in [0.1, 0.15) is 6.54 Å². The molecule has 2 aromatic rings. The number of fused-ring (bicyclic) bond motifs is 2. The summed E-state index contributed by atoms with van der Waals surface area (Å²) in [6.45, 7) is 12.9. The van der Waals surface area contributed by atoms with Gasteiger partial charge < -0.3 is 9.74 Å². The van der Waals surface area contributed by atoms with Gasteiger partial charge in [0.15, 0.2) is 5.71 Å². The molecule has 2 amide bonds. The van der Waals surface area contributed by atoms with E-state index in [0.29, 0.717) is 17.9 Å². The Bertz CT molecular complexity index is 1470. The zero-order valence-corrected chi connectivity index (χ0v) is 24.8. The second kappa shape index (κ2) is 11.1. The highest BCUT2D eigenvalue weighted by molar-refractivity contribution is 6.03. The Hall–Kier alpha value is -4.00. The van der Waals surface area contributed by atoms with Gasteiger partial charge in [-0.25, -0.2) is 4.79 Å². The topological polar surface area (TPSA) is 69.9 Å². The van der Waals surface area contributed by atoms with Gasteiger partial charge in [0, 0.05) is 60.3 Å². The number of carbonyl (C=O) groups is 3. The van der Waals surface area contributed by atoms with Crippen LogP contribution >= 0.6 is 0 Å². The summed E-state index contributed by atoms with van der Waals surface area (Å²) in [4.78, 5) is 43.7. The molecule has 1 fully saturated rings. The van der Waals surface area contributed by atoms with Gasteiger partial charge in [-0.15, -0.1) is 5.06 Å². The first-order chi connectivity index (χ1) is 19.6. The molecule has 0 saturated carbocycles. The molecule has 3 aliphatic heterocycles. The molecule has 3 aliphatic rings. The first-order valence-electron chi connectivity index (χ1n) is 14.7. The SMILES string of the molecule is CCN1/C(=C/C=C/C2=[N+](CC)c3ccccc3C2(C)C)C(C)(CCCC(=O)ON2C(=O)CCC2=O)c2ccccc21. The van der Waals surface area contributed by atoms with Gasteiger partial charge in [0.05, 0.1) is 5.41 Å². The third kappa shape index (κ3) is 4.92. The number of nitrogens with zero attached hydrogens (tertiary/aromatic N) is 3. The number of hydrogen-bond donors (Lipinski definition) is 0. The fraction of sp³-hybridized carbons (Fsp3) is 0.412. The molecule has 1 unspecified atom stereocenters. The van der Waals surface area contributed by atoms with E-state index in [-0.39, 0.29) is 30.1 Å². The first kappa shape index (κ1) is 28.5. The van der Waals surface area contributed by atoms with Crippen LogP contribution in [0.3, 0.4) is 0 Å². The highest BCUT2D eigenvalue weighted by Crippen LogP contribution is 2.50. The summed E-state index contributed by atoms with van der Waals surface area (Å²) in [5.74, 6) is -1.47. The maximum atomic E-state index is 12.5. The smallest absolute Gasteiger partial charge is 0.333 e. The van der Waals surface area contributed by atoms with Crippen molar-refractivity contribution < 1.29 is 23.8 Å². The normalized spacial score (nSPS) is 22.3. The van der Waals surface area contributed by atoms with Gasteiger partial charge in [-0.3, -0.25) is 9.59 Å². The highest BCUT2D eigenvalue weighted by atomic mass is 16.7. The van der Waals surface area contributed by atoms with Crippen molar-refractivity contribution in [3.63, 3.8) is 0 Å². The van der Waals surface area contributed by atoms with Crippen LogP contribution in [-0.4, -0.2) is 46.2 Å². The van der Waals surface area contributed by atoms with Crippen molar-refractivity contribution in [1.82, 2.24) is 5.06 Å². The molecule has 0 spiro atoms. The average molecular weight is 555 g/mol. The Balaban J connectivity index is 1.40. The Morgan fingerprint density at radius 2 is 1.63 bits per heavy atom. The number of rotatable bonds is 9. The first-order valence-corrected chi connectivity index (χ1v) is 14.7. The number of amides is 2. The van der Waals surface area contributed by atoms with Crippen molar-refractivity contribution in [2.75, 3.05) is 18.0 Å². The number of allylic oxidation sites excluding steroid dienone is 4. The highest BCUT2D eigenvalue weighted by Gasteiger charge is 2.44. The van der Waals surface area contributed by atoms with Crippen LogP contribution < -0.4 is 4.90 Å². The second-order valence-corrected chi connectivity index (χ2v) is 11.7. The number of likely N-dealkylation sites (N-methyl/N-ethyl adjacent to an activating group) is 1. The fourth-order valence-electron chi connectivity index (χ4n) is 6.72. The Morgan fingerprint density at radius 3 is 2.32 bits per heavy atom. The Labute approximate surface area is 242 Å². The maximum Gasteiger partial charge on any atom is 0.333 e. The molecule has 5 rings (SSSR count). The van der Waals surface area contributed by atoms with Gasteiger partial charge in [-0.2, -0.15) is 4.58 Å². The van der Waals surface area contributed by atoms with Gasteiger partial charge in [0.2, 0.25) is 5.69 Å². The van der Waals surface area contributed by atoms with Gasteiger partial charge in [0.25, 0.3) is 11.8 Å². The van der Waals surface area contributed by atoms with E-state index in [1.807, 2.05) is 0 Å². The molecule has 1 saturated heterocycles. The molecule has 0 radical (unpaired) electrons. The van der Waals surface area contributed by atoms with Crippen LogP contribution in [0, 0.1) is 0 Å². The van der Waals surface area contributed by atoms with E-state index in [1.165, 1.54) is 33.9 Å². The third-order valence-electron chi connectivity index (χ3n) is 8.84. The number of anilines is 1. The zero-order chi connectivity index (χ0) is 29.4. The molecule has 41 heavy (non-hydrogen) atoms. The summed E-state index contributed by atoms with van der Waals surface area (Å²) in [5.41, 5.74) is 7.06. The lowest BCUT2D eigenvalue weighted by Gasteiger charge is -2.30. The van der Waals surface area contributed by atoms with Crippen molar-refractivity contribution in [3.05, 3.63) is 83.6 Å². The lowest BCUT2D eigenvalue weighted by Crippen LogP contribution is -2.32. The number of hydroxylamine groups is 2. The summed E-state index contributed by atoms with van der Waals surface area (Å²) in [6.07, 6.45) is 8.22. The number of imide groups is 1. The summed E-state index contributed by atoms with van der Waals surface area (Å²) in [5, 5.41) is 0.629. The minimum absolute atomic E-state index is 0.0912. The van der Waals surface area contributed by atoms with E-state index in [4.69, 9.17) is 4.84 Å². The Kier molecular flexibility index (Phi) is 7.73. The van der Waals surface area contributed by atoms with E-state index in [1.54, 1.807) is 0 Å². The minimum atomic E-state index is -0.555. The zero-order valence-electron chi connectivity index (χ0n) is 24.8. The fourth-order valence-corrected chi connectivity index (χ4v) is 6.72. The molecule has 0 N–H and O–H groups in total. The van der Waals surface area contributed by atoms with Crippen molar-refractivity contribution in [3.8, 4) is 0 Å². The van der Waals surface area contributed by atoms with Gasteiger partial charge >= 0.3 is 5.97 Å². The molecule has 0 aromatic heterocycles. The molecule has 7 nitrogen and oxygen atoms in total. The number of carbonyl (C=O) groups excluding carboxylic acids is 3. The Morgan fingerprint density at radius 1 is 0.976 bits per heavy atom. The standard InChI is InChI=1S/C34H40N3O4/c1-6-35-26-16-10-8-14-24(26)33(3,4)28(35)18-12-19-29-34(5,25-15-9-11-17-27(25)36(29)7-2)23-13-20-32(40)41-37-30(38)21-22-31(37)39/h8-12,14-19H,6-7,13,20-23H2,1-5H3/q+1. The van der Waals surface area contributed by atoms with Gasteiger partial charge in [-0.05, 0) is 65.2 Å². The molecule has 7 heteroatoms. The molecule has 3 heterocycles. The molecule has 1 atom stereocenters. The lowest BCUT2D eigenvalue weighted by molar-refractivity contribution is -0.433. The van der Waals surface area contributed by atoms with Crippen LogP contribution in [0.1, 0.15) is 77.8 Å². The molecule has 0 bridgehead atoms. The lowest BCUT2D eigenvalue weighted by atomic mass is 9.77. The number of hydrogen-bond acceptors (Lipinski definition) is 5. The van der Waals surface area contributed by atoms with Crippen molar-refractivity contribution in [2.24, 2.45) is 0 Å². The summed E-state index contributed by atoms with van der Waals surface area (Å²) in [7, 11) is 0.